The summed E-state index contributed by atoms with van der Waals surface area (Å²) in [5.41, 5.74) is 7.54. The molecular weight excluding hydrogens is 374 g/mol. The SMILES string of the molecule is CCCCC[C@@H](CN(O)C=O)C(=O)NNc1nccc(-c2ccc(CO)cc2)n1. The Kier molecular flexibility index (Phi) is 9.00. The number of nitrogens with one attached hydrogen (secondary N) is 2. The predicted octanol–water partition coefficient (Wildman–Crippen LogP) is 2.12. The first-order valence-corrected chi connectivity index (χ1v) is 9.57. The van der Waals surface area contributed by atoms with Crippen LogP contribution < -0.4 is 10.9 Å². The third-order valence-corrected chi connectivity index (χ3v) is 4.44. The Hall–Kier alpha value is -3.04. The van der Waals surface area contributed by atoms with Crippen molar-refractivity contribution >= 4 is 18.3 Å². The van der Waals surface area contributed by atoms with Crippen LogP contribution in [-0.4, -0.2) is 44.2 Å². The molecule has 1 aromatic heterocycles. The molecule has 0 aliphatic carbocycles. The first-order chi connectivity index (χ1) is 14.1. The van der Waals surface area contributed by atoms with Gasteiger partial charge in [-0.15, -0.1) is 0 Å². The first kappa shape index (κ1) is 22.3. The van der Waals surface area contributed by atoms with Crippen molar-refractivity contribution in [3.8, 4) is 11.3 Å². The number of unbranched alkanes of at least 4 members (excludes halogenated alkanes) is 2. The third-order valence-electron chi connectivity index (χ3n) is 4.44. The molecule has 0 bridgehead atoms. The average molecular weight is 401 g/mol. The van der Waals surface area contributed by atoms with Crippen molar-refractivity contribution in [2.75, 3.05) is 12.0 Å². The highest BCUT2D eigenvalue weighted by Gasteiger charge is 2.20. The first-order valence-electron chi connectivity index (χ1n) is 9.57. The second kappa shape index (κ2) is 11.7. The fraction of sp³-hybridized carbons (Fsp3) is 0.400. The lowest BCUT2D eigenvalue weighted by Crippen LogP contribution is -2.40. The number of carbonyl (C=O) groups is 2. The van der Waals surface area contributed by atoms with E-state index in [1.165, 1.54) is 0 Å². The van der Waals surface area contributed by atoms with E-state index in [9.17, 15) is 14.8 Å². The number of benzene rings is 1. The van der Waals surface area contributed by atoms with Gasteiger partial charge in [0.25, 0.3) is 0 Å². The lowest BCUT2D eigenvalue weighted by molar-refractivity contribution is -0.154. The number of aliphatic hydroxyl groups is 1. The van der Waals surface area contributed by atoms with Gasteiger partial charge in [-0.3, -0.25) is 25.6 Å². The number of hydrazine groups is 1. The van der Waals surface area contributed by atoms with Crippen molar-refractivity contribution in [2.45, 2.75) is 39.2 Å². The number of aromatic nitrogens is 2. The van der Waals surface area contributed by atoms with E-state index in [4.69, 9.17) is 5.11 Å². The zero-order chi connectivity index (χ0) is 21.1. The minimum atomic E-state index is -0.557. The molecular formula is C20H27N5O4. The van der Waals surface area contributed by atoms with Crippen LogP contribution in [0.5, 0.6) is 0 Å². The molecule has 29 heavy (non-hydrogen) atoms. The number of hydrogen-bond donors (Lipinski definition) is 4. The van der Waals surface area contributed by atoms with Gasteiger partial charge in [0.05, 0.1) is 24.8 Å². The Bertz CT molecular complexity index is 785. The molecule has 0 saturated heterocycles. The van der Waals surface area contributed by atoms with Crippen LogP contribution in [0, 0.1) is 5.92 Å². The van der Waals surface area contributed by atoms with Gasteiger partial charge in [-0.25, -0.2) is 15.0 Å². The topological polar surface area (TPSA) is 128 Å². The molecule has 4 N–H and O–H groups in total. The highest BCUT2D eigenvalue weighted by Crippen LogP contribution is 2.18. The van der Waals surface area contributed by atoms with Gasteiger partial charge in [0, 0.05) is 11.8 Å². The summed E-state index contributed by atoms with van der Waals surface area (Å²) in [6.07, 6.45) is 5.17. The van der Waals surface area contributed by atoms with Gasteiger partial charge in [0.2, 0.25) is 18.3 Å². The van der Waals surface area contributed by atoms with Crippen LogP contribution in [-0.2, 0) is 16.2 Å². The monoisotopic (exact) mass is 401 g/mol. The number of nitrogens with zero attached hydrogens (tertiary/aromatic N) is 3. The van der Waals surface area contributed by atoms with Crippen LogP contribution >= 0.6 is 0 Å². The molecule has 0 radical (unpaired) electrons. The number of amides is 2. The summed E-state index contributed by atoms with van der Waals surface area (Å²) in [6, 6.07) is 9.04. The molecule has 0 saturated carbocycles. The van der Waals surface area contributed by atoms with E-state index in [0.717, 1.165) is 30.4 Å². The summed E-state index contributed by atoms with van der Waals surface area (Å²) >= 11 is 0. The zero-order valence-electron chi connectivity index (χ0n) is 16.4. The van der Waals surface area contributed by atoms with Crippen LogP contribution in [0.4, 0.5) is 5.95 Å². The van der Waals surface area contributed by atoms with Crippen molar-refractivity contribution in [2.24, 2.45) is 5.92 Å². The number of anilines is 1. The predicted molar refractivity (Wildman–Crippen MR) is 107 cm³/mol. The van der Waals surface area contributed by atoms with Crippen molar-refractivity contribution in [1.29, 1.82) is 0 Å². The molecule has 156 valence electrons. The van der Waals surface area contributed by atoms with Crippen molar-refractivity contribution < 1.29 is 19.9 Å². The molecule has 2 amide bonds. The van der Waals surface area contributed by atoms with Crippen LogP contribution in [0.15, 0.2) is 36.5 Å². The zero-order valence-corrected chi connectivity index (χ0v) is 16.4. The summed E-state index contributed by atoms with van der Waals surface area (Å²) in [7, 11) is 0. The summed E-state index contributed by atoms with van der Waals surface area (Å²) in [6.45, 7) is 1.94. The number of aliphatic hydroxyl groups excluding tert-OH is 1. The molecule has 9 heteroatoms. The molecule has 0 spiro atoms. The summed E-state index contributed by atoms with van der Waals surface area (Å²) in [5, 5.41) is 19.1. The van der Waals surface area contributed by atoms with E-state index in [1.807, 2.05) is 12.1 Å². The van der Waals surface area contributed by atoms with E-state index < -0.39 is 5.92 Å². The minimum Gasteiger partial charge on any atom is -0.392 e. The standard InChI is InChI=1S/C20H27N5O4/c1-2-3-4-5-17(12-25(29)14-27)19(28)23-24-20-21-11-10-18(22-20)16-8-6-15(13-26)7-9-16/h6-11,14,17,26,29H,2-5,12-13H2,1H3,(H,23,28)(H,21,22,24)/t17-/m0/s1. The van der Waals surface area contributed by atoms with Crippen LogP contribution in [0.2, 0.25) is 0 Å². The van der Waals surface area contributed by atoms with Gasteiger partial charge >= 0.3 is 0 Å². The number of hydroxylamine groups is 2. The minimum absolute atomic E-state index is 0.0301. The van der Waals surface area contributed by atoms with E-state index in [-0.39, 0.29) is 31.4 Å². The average Bonchev–Trinajstić information content (AvgIpc) is 2.77. The normalized spacial score (nSPS) is 11.6. The van der Waals surface area contributed by atoms with Crippen molar-refractivity contribution in [1.82, 2.24) is 20.5 Å². The lowest BCUT2D eigenvalue weighted by atomic mass is 10.0. The molecule has 0 fully saturated rings. The Morgan fingerprint density at radius 2 is 2.00 bits per heavy atom. The maximum Gasteiger partial charge on any atom is 0.243 e. The van der Waals surface area contributed by atoms with Gasteiger partial charge in [0.1, 0.15) is 0 Å². The van der Waals surface area contributed by atoms with Gasteiger partial charge in [-0.2, -0.15) is 0 Å². The Morgan fingerprint density at radius 3 is 2.66 bits per heavy atom. The largest absolute Gasteiger partial charge is 0.392 e. The highest BCUT2D eigenvalue weighted by molar-refractivity contribution is 5.80. The van der Waals surface area contributed by atoms with E-state index in [0.29, 0.717) is 17.2 Å². The molecule has 2 rings (SSSR count). The molecule has 1 heterocycles. The fourth-order valence-electron chi connectivity index (χ4n) is 2.80. The Morgan fingerprint density at radius 1 is 1.24 bits per heavy atom. The number of carbonyl (C=O) groups excluding carboxylic acids is 2. The van der Waals surface area contributed by atoms with Crippen LogP contribution in [0.1, 0.15) is 38.2 Å². The van der Waals surface area contributed by atoms with Gasteiger partial charge in [-0.05, 0) is 18.1 Å². The van der Waals surface area contributed by atoms with Crippen molar-refractivity contribution in [3.63, 3.8) is 0 Å². The molecule has 1 atom stereocenters. The second-order valence-electron chi connectivity index (χ2n) is 6.65. The van der Waals surface area contributed by atoms with Crippen LogP contribution in [0.3, 0.4) is 0 Å². The Balaban J connectivity index is 2.00. The quantitative estimate of drug-likeness (QED) is 0.186. The van der Waals surface area contributed by atoms with Crippen LogP contribution in [0.25, 0.3) is 11.3 Å². The number of hydrogen-bond acceptors (Lipinski definition) is 7. The molecule has 1 aromatic carbocycles. The Labute approximate surface area is 169 Å². The van der Waals surface area contributed by atoms with Gasteiger partial charge in [0.15, 0.2) is 0 Å². The molecule has 0 aliphatic heterocycles. The maximum atomic E-state index is 12.5. The van der Waals surface area contributed by atoms with E-state index >= 15 is 0 Å². The van der Waals surface area contributed by atoms with Gasteiger partial charge < -0.3 is 5.11 Å². The second-order valence-corrected chi connectivity index (χ2v) is 6.65. The van der Waals surface area contributed by atoms with Gasteiger partial charge in [-0.1, -0.05) is 50.5 Å². The summed E-state index contributed by atoms with van der Waals surface area (Å²) in [4.78, 5) is 31.6. The summed E-state index contributed by atoms with van der Waals surface area (Å²) < 4.78 is 0. The molecule has 2 aromatic rings. The third kappa shape index (κ3) is 7.13. The highest BCUT2D eigenvalue weighted by atomic mass is 16.5. The molecule has 0 aliphatic rings. The van der Waals surface area contributed by atoms with Crippen molar-refractivity contribution in [3.05, 3.63) is 42.1 Å². The van der Waals surface area contributed by atoms with E-state index in [1.54, 1.807) is 24.4 Å². The molecule has 0 unspecified atom stereocenters. The lowest BCUT2D eigenvalue weighted by Gasteiger charge is -2.19. The summed E-state index contributed by atoms with van der Waals surface area (Å²) in [5.74, 6) is -0.701. The maximum absolute atomic E-state index is 12.5. The number of rotatable bonds is 12. The fourth-order valence-corrected chi connectivity index (χ4v) is 2.80. The molecule has 9 nitrogen and oxygen atoms in total. The smallest absolute Gasteiger partial charge is 0.243 e. The van der Waals surface area contributed by atoms with E-state index in [2.05, 4.69) is 27.7 Å².